The highest BCUT2D eigenvalue weighted by atomic mass is 19.4. The molecule has 250 valence electrons. The fourth-order valence-electron chi connectivity index (χ4n) is 7.38. The molecule has 8 aromatic rings. The van der Waals surface area contributed by atoms with Gasteiger partial charge in [-0.05, 0) is 82.6 Å². The minimum atomic E-state index is -4.64. The summed E-state index contributed by atoms with van der Waals surface area (Å²) in [6, 6.07) is 36.9. The highest BCUT2D eigenvalue weighted by Crippen LogP contribution is 2.46. The van der Waals surface area contributed by atoms with Gasteiger partial charge in [0.2, 0.25) is 0 Å². The highest BCUT2D eigenvalue weighted by Gasteiger charge is 2.37. The van der Waals surface area contributed by atoms with Crippen molar-refractivity contribution in [2.24, 2.45) is 0 Å². The maximum absolute atomic E-state index is 15.3. The Labute approximate surface area is 289 Å². The smallest absolute Gasteiger partial charge is 0.309 e. The van der Waals surface area contributed by atoms with Gasteiger partial charge in [0.05, 0.1) is 44.7 Å². The van der Waals surface area contributed by atoms with Crippen molar-refractivity contribution in [3.8, 4) is 22.6 Å². The molecule has 0 radical (unpaired) electrons. The molecule has 3 heterocycles. The summed E-state index contributed by atoms with van der Waals surface area (Å²) in [7, 11) is 0. The van der Waals surface area contributed by atoms with Gasteiger partial charge in [0, 0.05) is 33.3 Å². The van der Waals surface area contributed by atoms with Crippen LogP contribution in [0.5, 0.6) is 0 Å². The molecular weight excluding hydrogens is 627 g/mol. The summed E-state index contributed by atoms with van der Waals surface area (Å²) in [5.74, 6) is 0. The molecule has 0 aliphatic heterocycles. The summed E-state index contributed by atoms with van der Waals surface area (Å²) in [6.45, 7) is 13.0. The van der Waals surface area contributed by atoms with Crippen molar-refractivity contribution >= 4 is 43.6 Å². The first kappa shape index (κ1) is 31.9. The molecule has 8 rings (SSSR count). The Morgan fingerprint density at radius 3 is 1.48 bits per heavy atom. The fourth-order valence-corrected chi connectivity index (χ4v) is 7.38. The minimum Gasteiger partial charge on any atom is -0.309 e. The van der Waals surface area contributed by atoms with E-state index in [0.717, 1.165) is 49.2 Å². The number of alkyl halides is 3. The summed E-state index contributed by atoms with van der Waals surface area (Å²) in [6.07, 6.45) is -3.05. The zero-order chi connectivity index (χ0) is 35.2. The number of aromatic nitrogens is 3. The molecule has 0 aliphatic rings. The lowest BCUT2D eigenvalue weighted by molar-refractivity contribution is -0.137. The zero-order valence-electron chi connectivity index (χ0n) is 29.0. The maximum Gasteiger partial charge on any atom is 0.417 e. The lowest BCUT2D eigenvalue weighted by Crippen LogP contribution is -2.12. The van der Waals surface area contributed by atoms with Gasteiger partial charge in [-0.2, -0.15) is 13.2 Å². The van der Waals surface area contributed by atoms with Crippen LogP contribution in [-0.2, 0) is 17.0 Å². The van der Waals surface area contributed by atoms with Gasteiger partial charge in [-0.3, -0.25) is 4.98 Å². The Kier molecular flexibility index (Phi) is 7.06. The predicted molar refractivity (Wildman–Crippen MR) is 201 cm³/mol. The Morgan fingerprint density at radius 2 is 0.960 bits per heavy atom. The van der Waals surface area contributed by atoms with Crippen molar-refractivity contribution in [1.29, 1.82) is 0 Å². The molecular formula is C44H38F3N3. The average Bonchev–Trinajstić information content (AvgIpc) is 3.59. The topological polar surface area (TPSA) is 22.8 Å². The van der Waals surface area contributed by atoms with Crippen LogP contribution < -0.4 is 0 Å². The first-order valence-electron chi connectivity index (χ1n) is 17.0. The predicted octanol–water partition coefficient (Wildman–Crippen LogP) is 12.6. The molecule has 50 heavy (non-hydrogen) atoms. The minimum absolute atomic E-state index is 0.0374. The van der Waals surface area contributed by atoms with E-state index in [4.69, 9.17) is 4.98 Å². The van der Waals surface area contributed by atoms with Gasteiger partial charge in [0.1, 0.15) is 0 Å². The number of rotatable bonds is 3. The Hall–Kier alpha value is -5.36. The summed E-state index contributed by atoms with van der Waals surface area (Å²) >= 11 is 0. The molecule has 0 saturated heterocycles. The first-order valence-corrected chi connectivity index (χ1v) is 17.0. The number of hydrogen-bond acceptors (Lipinski definition) is 1. The lowest BCUT2D eigenvalue weighted by atomic mass is 9.86. The van der Waals surface area contributed by atoms with E-state index in [1.165, 1.54) is 17.7 Å². The molecule has 3 nitrogen and oxygen atoms in total. The molecule has 0 spiro atoms. The normalized spacial score (nSPS) is 12.9. The molecule has 5 aromatic carbocycles. The van der Waals surface area contributed by atoms with Crippen molar-refractivity contribution < 1.29 is 13.2 Å². The number of pyridine rings is 1. The SMILES string of the molecule is CC(C)(C)c1ccc2c(c1)c1ccccc1n2-c1cccnc1-c1c(-n2c3ccccc3c3cc(C(C)(C)C)ccc32)cccc1C(F)(F)F. The Balaban J connectivity index is 1.49. The maximum atomic E-state index is 15.3. The number of nitrogens with zero attached hydrogens (tertiary/aromatic N) is 3. The van der Waals surface area contributed by atoms with Gasteiger partial charge in [-0.15, -0.1) is 0 Å². The van der Waals surface area contributed by atoms with Crippen LogP contribution in [0.2, 0.25) is 0 Å². The number of hydrogen-bond donors (Lipinski definition) is 0. The summed E-state index contributed by atoms with van der Waals surface area (Å²) in [5, 5.41) is 4.05. The van der Waals surface area contributed by atoms with Crippen LogP contribution in [0.15, 0.2) is 121 Å². The molecule has 0 unspecified atom stereocenters. The van der Waals surface area contributed by atoms with E-state index < -0.39 is 11.7 Å². The van der Waals surface area contributed by atoms with Crippen molar-refractivity contribution in [2.45, 2.75) is 58.5 Å². The van der Waals surface area contributed by atoms with Gasteiger partial charge in [-0.1, -0.05) is 96.1 Å². The molecule has 3 aromatic heterocycles. The highest BCUT2D eigenvalue weighted by molar-refractivity contribution is 6.11. The van der Waals surface area contributed by atoms with E-state index in [9.17, 15) is 0 Å². The van der Waals surface area contributed by atoms with Crippen LogP contribution in [0.3, 0.4) is 0 Å². The molecule has 6 heteroatoms. The van der Waals surface area contributed by atoms with E-state index in [1.54, 1.807) is 18.3 Å². The third kappa shape index (κ3) is 5.00. The quantitative estimate of drug-likeness (QED) is 0.184. The van der Waals surface area contributed by atoms with Gasteiger partial charge >= 0.3 is 6.18 Å². The standard InChI is InChI=1S/C44H38F3N3/c1-42(2,3)27-20-22-36-31(25-27)29-13-7-9-16-34(29)49(36)38-18-11-15-33(44(45,46)47)40(38)41-39(19-12-24-48-41)50-35-17-10-8-14-30(35)32-26-28(43(4,5)6)21-23-37(32)50/h7-26H,1-6H3. The average molecular weight is 666 g/mol. The second-order valence-electron chi connectivity index (χ2n) is 15.2. The molecule has 0 N–H and O–H groups in total. The van der Waals surface area contributed by atoms with Gasteiger partial charge in [0.25, 0.3) is 0 Å². The van der Waals surface area contributed by atoms with Crippen molar-refractivity contribution in [2.75, 3.05) is 0 Å². The zero-order valence-corrected chi connectivity index (χ0v) is 29.0. The van der Waals surface area contributed by atoms with E-state index in [-0.39, 0.29) is 22.1 Å². The van der Waals surface area contributed by atoms with Crippen LogP contribution >= 0.6 is 0 Å². The number of fused-ring (bicyclic) bond motifs is 6. The van der Waals surface area contributed by atoms with Crippen molar-refractivity contribution in [1.82, 2.24) is 14.1 Å². The number of para-hydroxylation sites is 2. The summed E-state index contributed by atoms with van der Waals surface area (Å²) in [4.78, 5) is 4.79. The van der Waals surface area contributed by atoms with Crippen molar-refractivity contribution in [3.63, 3.8) is 0 Å². The van der Waals surface area contributed by atoms with Crippen LogP contribution in [0.1, 0.15) is 58.2 Å². The lowest BCUT2D eigenvalue weighted by Gasteiger charge is -2.22. The Bertz CT molecular complexity index is 2610. The van der Waals surface area contributed by atoms with E-state index >= 15 is 13.2 Å². The summed E-state index contributed by atoms with van der Waals surface area (Å²) in [5.41, 5.74) is 6.21. The second-order valence-corrected chi connectivity index (χ2v) is 15.2. The van der Waals surface area contributed by atoms with Gasteiger partial charge in [-0.25, -0.2) is 0 Å². The molecule has 0 fully saturated rings. The van der Waals surface area contributed by atoms with Crippen LogP contribution in [-0.4, -0.2) is 14.1 Å². The number of halogens is 3. The largest absolute Gasteiger partial charge is 0.417 e. The van der Waals surface area contributed by atoms with E-state index in [1.807, 2.05) is 59.2 Å². The van der Waals surface area contributed by atoms with Crippen LogP contribution in [0.25, 0.3) is 66.2 Å². The molecule has 0 aliphatic carbocycles. The molecule has 0 amide bonds. The van der Waals surface area contributed by atoms with E-state index in [2.05, 4.69) is 82.5 Å². The van der Waals surface area contributed by atoms with Crippen molar-refractivity contribution in [3.05, 3.63) is 138 Å². The third-order valence-electron chi connectivity index (χ3n) is 9.93. The number of benzene rings is 5. The second kappa shape index (κ2) is 11.1. The van der Waals surface area contributed by atoms with Crippen LogP contribution in [0, 0.1) is 0 Å². The molecule has 0 bridgehead atoms. The first-order chi connectivity index (χ1) is 23.7. The van der Waals surface area contributed by atoms with Gasteiger partial charge < -0.3 is 9.13 Å². The molecule has 0 atom stereocenters. The third-order valence-corrected chi connectivity index (χ3v) is 9.93. The Morgan fingerprint density at radius 1 is 0.480 bits per heavy atom. The summed E-state index contributed by atoms with van der Waals surface area (Å²) < 4.78 is 49.8. The monoisotopic (exact) mass is 665 g/mol. The van der Waals surface area contributed by atoms with E-state index in [0.29, 0.717) is 11.4 Å². The van der Waals surface area contributed by atoms with Gasteiger partial charge in [0.15, 0.2) is 0 Å². The van der Waals surface area contributed by atoms with Crippen LogP contribution in [0.4, 0.5) is 13.2 Å². The fraction of sp³-hybridized carbons (Fsp3) is 0.205. The molecule has 0 saturated carbocycles.